The molecule has 1 heterocycles. The number of benzene rings is 1. The molecular weight excluding hydrogens is 246 g/mol. The first kappa shape index (κ1) is 13.0. The zero-order valence-electron chi connectivity index (χ0n) is 10.6. The van der Waals surface area contributed by atoms with Gasteiger partial charge < -0.3 is 11.1 Å². The highest BCUT2D eigenvalue weighted by Crippen LogP contribution is 2.22. The van der Waals surface area contributed by atoms with Crippen LogP contribution < -0.4 is 11.1 Å². The zero-order chi connectivity index (χ0) is 13.2. The van der Waals surface area contributed by atoms with Gasteiger partial charge in [0.1, 0.15) is 0 Å². The van der Waals surface area contributed by atoms with Gasteiger partial charge in [-0.25, -0.2) is 4.98 Å². The molecule has 1 atom stereocenters. The third-order valence-electron chi connectivity index (χ3n) is 2.88. The molecular formula is C13H17N3OS. The molecule has 0 fully saturated rings. The number of amides is 1. The molecule has 0 aliphatic heterocycles. The minimum Gasteiger partial charge on any atom is -0.324 e. The highest BCUT2D eigenvalue weighted by atomic mass is 32.1. The maximum absolute atomic E-state index is 12.1. The largest absolute Gasteiger partial charge is 0.324 e. The van der Waals surface area contributed by atoms with Crippen LogP contribution in [0.4, 0.5) is 5.69 Å². The summed E-state index contributed by atoms with van der Waals surface area (Å²) in [6, 6.07) is 5.67. The van der Waals surface area contributed by atoms with Crippen LogP contribution in [-0.4, -0.2) is 16.4 Å². The Bertz CT molecular complexity index is 562. The fourth-order valence-electron chi connectivity index (χ4n) is 1.84. The van der Waals surface area contributed by atoms with Crippen molar-refractivity contribution in [3.63, 3.8) is 0 Å². The molecule has 0 saturated carbocycles. The molecule has 1 aromatic carbocycles. The summed E-state index contributed by atoms with van der Waals surface area (Å²) >= 11 is 1.55. The maximum Gasteiger partial charge on any atom is 0.244 e. The van der Waals surface area contributed by atoms with Gasteiger partial charge in [0, 0.05) is 5.69 Å². The molecule has 18 heavy (non-hydrogen) atoms. The standard InChI is InChI=1S/C13H17N3OS/c1-3-6-13(2,14)12(17)16-9-4-5-10-11(7-9)18-8-15-10/h4-5,7-8H,3,6,14H2,1-2H3,(H,16,17). The van der Waals surface area contributed by atoms with E-state index in [4.69, 9.17) is 5.73 Å². The van der Waals surface area contributed by atoms with E-state index in [-0.39, 0.29) is 5.91 Å². The molecule has 2 rings (SSSR count). The van der Waals surface area contributed by atoms with Crippen molar-refractivity contribution >= 4 is 33.1 Å². The Morgan fingerprint density at radius 2 is 2.33 bits per heavy atom. The van der Waals surface area contributed by atoms with Gasteiger partial charge in [0.2, 0.25) is 5.91 Å². The minimum absolute atomic E-state index is 0.145. The summed E-state index contributed by atoms with van der Waals surface area (Å²) in [6.45, 7) is 3.78. The molecule has 1 aromatic heterocycles. The highest BCUT2D eigenvalue weighted by molar-refractivity contribution is 7.16. The number of nitrogens with one attached hydrogen (secondary N) is 1. The second-order valence-electron chi connectivity index (χ2n) is 4.66. The van der Waals surface area contributed by atoms with E-state index in [0.717, 1.165) is 22.3 Å². The summed E-state index contributed by atoms with van der Waals surface area (Å²) in [5.41, 5.74) is 8.67. The van der Waals surface area contributed by atoms with E-state index in [1.165, 1.54) is 0 Å². The summed E-state index contributed by atoms with van der Waals surface area (Å²) in [7, 11) is 0. The van der Waals surface area contributed by atoms with E-state index < -0.39 is 5.54 Å². The van der Waals surface area contributed by atoms with Crippen LogP contribution in [0.5, 0.6) is 0 Å². The number of fused-ring (bicyclic) bond motifs is 1. The Morgan fingerprint density at radius 3 is 3.06 bits per heavy atom. The number of carbonyl (C=O) groups excluding carboxylic acids is 1. The zero-order valence-corrected chi connectivity index (χ0v) is 11.4. The average Bonchev–Trinajstić information content (AvgIpc) is 2.76. The van der Waals surface area contributed by atoms with Gasteiger partial charge in [-0.05, 0) is 31.5 Å². The lowest BCUT2D eigenvalue weighted by Gasteiger charge is -2.22. The van der Waals surface area contributed by atoms with Crippen molar-refractivity contribution in [2.75, 3.05) is 5.32 Å². The molecule has 0 aliphatic rings. The summed E-state index contributed by atoms with van der Waals surface area (Å²) in [5.74, 6) is -0.145. The first-order valence-electron chi connectivity index (χ1n) is 5.96. The van der Waals surface area contributed by atoms with Crippen LogP contribution in [0.15, 0.2) is 23.7 Å². The molecule has 0 saturated heterocycles. The number of rotatable bonds is 4. The van der Waals surface area contributed by atoms with Gasteiger partial charge in [0.15, 0.2) is 0 Å². The van der Waals surface area contributed by atoms with Crippen molar-refractivity contribution < 1.29 is 4.79 Å². The minimum atomic E-state index is -0.822. The Morgan fingerprint density at radius 1 is 1.56 bits per heavy atom. The van der Waals surface area contributed by atoms with Crippen LogP contribution in [0.1, 0.15) is 26.7 Å². The fourth-order valence-corrected chi connectivity index (χ4v) is 2.56. The van der Waals surface area contributed by atoms with E-state index in [0.29, 0.717) is 6.42 Å². The Hall–Kier alpha value is -1.46. The van der Waals surface area contributed by atoms with Gasteiger partial charge in [0.05, 0.1) is 21.3 Å². The van der Waals surface area contributed by atoms with E-state index in [1.807, 2.05) is 25.1 Å². The Kier molecular flexibility index (Phi) is 3.63. The molecule has 96 valence electrons. The van der Waals surface area contributed by atoms with Crippen molar-refractivity contribution in [3.05, 3.63) is 23.7 Å². The third kappa shape index (κ3) is 2.68. The van der Waals surface area contributed by atoms with Crippen molar-refractivity contribution in [2.45, 2.75) is 32.2 Å². The number of nitrogens with zero attached hydrogens (tertiary/aromatic N) is 1. The summed E-state index contributed by atoms with van der Waals surface area (Å²) in [6.07, 6.45) is 1.55. The number of anilines is 1. The summed E-state index contributed by atoms with van der Waals surface area (Å²) < 4.78 is 1.06. The Labute approximate surface area is 110 Å². The number of hydrogen-bond acceptors (Lipinski definition) is 4. The molecule has 0 spiro atoms. The molecule has 3 N–H and O–H groups in total. The predicted molar refractivity (Wildman–Crippen MR) is 75.8 cm³/mol. The number of hydrogen-bond donors (Lipinski definition) is 2. The van der Waals surface area contributed by atoms with Gasteiger partial charge in [-0.2, -0.15) is 0 Å². The lowest BCUT2D eigenvalue weighted by Crippen LogP contribution is -2.48. The monoisotopic (exact) mass is 263 g/mol. The SMILES string of the molecule is CCCC(C)(N)C(=O)Nc1ccc2ncsc2c1. The van der Waals surface area contributed by atoms with E-state index in [9.17, 15) is 4.79 Å². The van der Waals surface area contributed by atoms with Crippen LogP contribution >= 0.6 is 11.3 Å². The normalized spacial score (nSPS) is 14.4. The van der Waals surface area contributed by atoms with Crippen molar-refractivity contribution in [2.24, 2.45) is 5.73 Å². The van der Waals surface area contributed by atoms with Gasteiger partial charge in [0.25, 0.3) is 0 Å². The van der Waals surface area contributed by atoms with Gasteiger partial charge in [-0.3, -0.25) is 4.79 Å². The van der Waals surface area contributed by atoms with Crippen LogP contribution in [-0.2, 0) is 4.79 Å². The molecule has 0 radical (unpaired) electrons. The number of carbonyl (C=O) groups is 1. The van der Waals surface area contributed by atoms with Gasteiger partial charge in [-0.15, -0.1) is 11.3 Å². The lowest BCUT2D eigenvalue weighted by molar-refractivity contribution is -0.120. The second-order valence-corrected chi connectivity index (χ2v) is 5.54. The number of thiazole rings is 1. The average molecular weight is 263 g/mol. The quantitative estimate of drug-likeness (QED) is 0.891. The second kappa shape index (κ2) is 5.04. The van der Waals surface area contributed by atoms with E-state index >= 15 is 0 Å². The first-order chi connectivity index (χ1) is 8.53. The molecule has 5 heteroatoms. The smallest absolute Gasteiger partial charge is 0.244 e. The van der Waals surface area contributed by atoms with Crippen LogP contribution in [0.25, 0.3) is 10.2 Å². The first-order valence-corrected chi connectivity index (χ1v) is 6.84. The van der Waals surface area contributed by atoms with Crippen molar-refractivity contribution in [1.82, 2.24) is 4.98 Å². The van der Waals surface area contributed by atoms with Gasteiger partial charge >= 0.3 is 0 Å². The van der Waals surface area contributed by atoms with Gasteiger partial charge in [-0.1, -0.05) is 13.3 Å². The number of aromatic nitrogens is 1. The molecule has 0 bridgehead atoms. The number of nitrogens with two attached hydrogens (primary N) is 1. The molecule has 4 nitrogen and oxygen atoms in total. The highest BCUT2D eigenvalue weighted by Gasteiger charge is 2.27. The molecule has 0 aliphatic carbocycles. The maximum atomic E-state index is 12.1. The third-order valence-corrected chi connectivity index (χ3v) is 3.67. The van der Waals surface area contributed by atoms with Crippen molar-refractivity contribution in [1.29, 1.82) is 0 Å². The topological polar surface area (TPSA) is 68.0 Å². The van der Waals surface area contributed by atoms with Crippen LogP contribution in [0, 0.1) is 0 Å². The summed E-state index contributed by atoms with van der Waals surface area (Å²) in [4.78, 5) is 16.2. The molecule has 1 unspecified atom stereocenters. The fraction of sp³-hybridized carbons (Fsp3) is 0.385. The Balaban J connectivity index is 2.15. The molecule has 1 amide bonds. The van der Waals surface area contributed by atoms with E-state index in [1.54, 1.807) is 23.8 Å². The molecule has 2 aromatic rings. The lowest BCUT2D eigenvalue weighted by atomic mass is 9.96. The van der Waals surface area contributed by atoms with Crippen molar-refractivity contribution in [3.8, 4) is 0 Å². The van der Waals surface area contributed by atoms with Crippen LogP contribution in [0.3, 0.4) is 0 Å². The van der Waals surface area contributed by atoms with Crippen LogP contribution in [0.2, 0.25) is 0 Å². The summed E-state index contributed by atoms with van der Waals surface area (Å²) in [5, 5.41) is 2.86. The van der Waals surface area contributed by atoms with E-state index in [2.05, 4.69) is 10.3 Å². The predicted octanol–water partition coefficient (Wildman–Crippen LogP) is 2.75.